The van der Waals surface area contributed by atoms with Gasteiger partial charge in [0.05, 0.1) is 0 Å². The molecule has 0 aliphatic heterocycles. The molecular weight excluding hydrogens is 136 g/mol. The molecule has 0 heterocycles. The SMILES string of the molecule is O.O=S(=O)=O.[Ca+2].[H-].[H-]. The molecular formula is H4CaO4S. The molecule has 0 aromatic carbocycles. The van der Waals surface area contributed by atoms with E-state index in [0.717, 1.165) is 0 Å². The molecule has 0 fully saturated rings. The average molecular weight is 140 g/mol. The molecule has 2 N–H and O–H groups in total. The van der Waals surface area contributed by atoms with E-state index in [0.29, 0.717) is 0 Å². The Labute approximate surface area is 68.9 Å². The van der Waals surface area contributed by atoms with Gasteiger partial charge in [-0.1, -0.05) is 0 Å². The summed E-state index contributed by atoms with van der Waals surface area (Å²) in [4.78, 5) is 0. The van der Waals surface area contributed by atoms with Crippen molar-refractivity contribution in [3.63, 3.8) is 0 Å². The van der Waals surface area contributed by atoms with E-state index in [1.807, 2.05) is 0 Å². The second kappa shape index (κ2) is 9.28. The van der Waals surface area contributed by atoms with Crippen molar-refractivity contribution in [3.8, 4) is 0 Å². The Hall–Kier alpha value is 0.840. The number of rotatable bonds is 0. The van der Waals surface area contributed by atoms with E-state index in [1.165, 1.54) is 0 Å². The van der Waals surface area contributed by atoms with Crippen LogP contribution in [0.25, 0.3) is 0 Å². The standard InChI is InChI=1S/Ca.O3S.H2O.2H/c;1-4(2)3;;;/h;;1H2;;/q+2;;;2*-1. The van der Waals surface area contributed by atoms with Crippen molar-refractivity contribution in [1.29, 1.82) is 0 Å². The van der Waals surface area contributed by atoms with Gasteiger partial charge in [0.25, 0.3) is 0 Å². The summed E-state index contributed by atoms with van der Waals surface area (Å²) < 4.78 is 25.3. The summed E-state index contributed by atoms with van der Waals surface area (Å²) in [7, 11) is -3.11. The summed E-state index contributed by atoms with van der Waals surface area (Å²) in [5, 5.41) is 0. The summed E-state index contributed by atoms with van der Waals surface area (Å²) in [6, 6.07) is 0. The molecule has 6 heavy (non-hydrogen) atoms. The Morgan fingerprint density at radius 1 is 1.17 bits per heavy atom. The van der Waals surface area contributed by atoms with Crippen molar-refractivity contribution in [2.75, 3.05) is 0 Å². The summed E-state index contributed by atoms with van der Waals surface area (Å²) in [5.74, 6) is 0. The van der Waals surface area contributed by atoms with E-state index < -0.39 is 10.6 Å². The van der Waals surface area contributed by atoms with E-state index in [-0.39, 0.29) is 46.1 Å². The fourth-order valence-corrected chi connectivity index (χ4v) is 0. The fraction of sp³-hybridized carbons (Fsp3) is 0. The van der Waals surface area contributed by atoms with Gasteiger partial charge in [-0.25, -0.2) is 0 Å². The number of hydrogen-bond donors (Lipinski definition) is 0. The topological polar surface area (TPSA) is 82.7 Å². The van der Waals surface area contributed by atoms with Crippen LogP contribution in [0.2, 0.25) is 0 Å². The van der Waals surface area contributed by atoms with Gasteiger partial charge in [0.15, 0.2) is 0 Å². The van der Waals surface area contributed by atoms with Crippen molar-refractivity contribution in [1.82, 2.24) is 0 Å². The second-order valence-electron chi connectivity index (χ2n) is 0.204. The third-order valence-corrected chi connectivity index (χ3v) is 0. The Bertz CT molecular complexity index is 83.4. The molecule has 0 bridgehead atoms. The molecule has 0 saturated carbocycles. The maximum absolute atomic E-state index is 8.44. The van der Waals surface area contributed by atoms with Crippen molar-refractivity contribution >= 4 is 48.3 Å². The maximum atomic E-state index is 8.44. The van der Waals surface area contributed by atoms with E-state index in [1.54, 1.807) is 0 Å². The van der Waals surface area contributed by atoms with E-state index in [4.69, 9.17) is 12.6 Å². The minimum atomic E-state index is -3.11. The number of hydrogen-bond acceptors (Lipinski definition) is 3. The van der Waals surface area contributed by atoms with Crippen LogP contribution >= 0.6 is 0 Å². The molecule has 0 atom stereocenters. The van der Waals surface area contributed by atoms with Crippen LogP contribution in [0.4, 0.5) is 0 Å². The van der Waals surface area contributed by atoms with E-state index in [2.05, 4.69) is 0 Å². The second-order valence-corrected chi connectivity index (χ2v) is 0.612. The Morgan fingerprint density at radius 3 is 1.17 bits per heavy atom. The van der Waals surface area contributed by atoms with Crippen molar-refractivity contribution in [3.05, 3.63) is 0 Å². The van der Waals surface area contributed by atoms with Crippen LogP contribution in [0.15, 0.2) is 0 Å². The molecule has 0 aliphatic rings. The third-order valence-electron chi connectivity index (χ3n) is 0. The Kier molecular flexibility index (Phi) is 24.5. The molecule has 0 amide bonds. The Balaban J connectivity index is -0.00000000750. The zero-order valence-electron chi connectivity index (χ0n) is 4.84. The minimum absolute atomic E-state index is 0. The quantitative estimate of drug-likeness (QED) is 0.365. The maximum Gasteiger partial charge on any atom is 2.00 e. The minimum Gasteiger partial charge on any atom is -1.00 e. The van der Waals surface area contributed by atoms with Crippen LogP contribution in [-0.2, 0) is 10.6 Å². The van der Waals surface area contributed by atoms with Gasteiger partial charge in [0.2, 0.25) is 0 Å². The van der Waals surface area contributed by atoms with Crippen LogP contribution < -0.4 is 0 Å². The first-order valence-electron chi connectivity index (χ1n) is 0.500. The third kappa shape index (κ3) is 101. The van der Waals surface area contributed by atoms with Gasteiger partial charge in [-0.2, -0.15) is 0 Å². The van der Waals surface area contributed by atoms with Crippen molar-refractivity contribution < 1.29 is 21.0 Å². The molecule has 0 unspecified atom stereocenters. The molecule has 6 heteroatoms. The van der Waals surface area contributed by atoms with Gasteiger partial charge < -0.3 is 8.33 Å². The summed E-state index contributed by atoms with van der Waals surface area (Å²) in [5.41, 5.74) is 0. The van der Waals surface area contributed by atoms with Crippen LogP contribution in [0.3, 0.4) is 0 Å². The first-order valence-corrected chi connectivity index (χ1v) is 1.50. The average Bonchev–Trinajstić information content (AvgIpc) is 0.811. The normalized spacial score (nSPS) is 4.00. The first-order chi connectivity index (χ1) is 1.73. The van der Waals surface area contributed by atoms with Crippen molar-refractivity contribution in [2.24, 2.45) is 0 Å². The molecule has 0 aliphatic carbocycles. The zero-order valence-corrected chi connectivity index (χ0v) is 5.86. The van der Waals surface area contributed by atoms with Gasteiger partial charge in [0.1, 0.15) is 0 Å². The molecule has 36 valence electrons. The van der Waals surface area contributed by atoms with Crippen molar-refractivity contribution in [2.45, 2.75) is 0 Å². The molecule has 0 spiro atoms. The van der Waals surface area contributed by atoms with E-state index >= 15 is 0 Å². The smallest absolute Gasteiger partial charge is 1.00 e. The molecule has 0 aromatic rings. The summed E-state index contributed by atoms with van der Waals surface area (Å²) in [6.45, 7) is 0. The van der Waals surface area contributed by atoms with Crippen LogP contribution in [-0.4, -0.2) is 55.8 Å². The largest absolute Gasteiger partial charge is 2.00 e. The molecule has 0 rings (SSSR count). The monoisotopic (exact) mass is 140 g/mol. The summed E-state index contributed by atoms with van der Waals surface area (Å²) in [6.07, 6.45) is 0. The molecule has 0 radical (unpaired) electrons. The van der Waals surface area contributed by atoms with Gasteiger partial charge in [-0.05, 0) is 0 Å². The van der Waals surface area contributed by atoms with Gasteiger partial charge >= 0.3 is 48.3 Å². The Morgan fingerprint density at radius 2 is 1.17 bits per heavy atom. The fourth-order valence-electron chi connectivity index (χ4n) is 0. The summed E-state index contributed by atoms with van der Waals surface area (Å²) >= 11 is 0. The first kappa shape index (κ1) is 15.8. The van der Waals surface area contributed by atoms with Gasteiger partial charge in [-0.15, -0.1) is 12.6 Å². The predicted octanol–water partition coefficient (Wildman–Crippen LogP) is -1.98. The molecule has 0 saturated heterocycles. The molecule has 0 aromatic heterocycles. The van der Waals surface area contributed by atoms with Gasteiger partial charge in [-0.3, -0.25) is 0 Å². The van der Waals surface area contributed by atoms with Crippen LogP contribution in [0.1, 0.15) is 2.85 Å². The van der Waals surface area contributed by atoms with Gasteiger partial charge in [0, 0.05) is 0 Å². The zero-order chi connectivity index (χ0) is 3.58. The predicted molar refractivity (Wildman–Crippen MR) is 21.3 cm³/mol. The van der Waals surface area contributed by atoms with Crippen LogP contribution in [0, 0.1) is 0 Å². The molecule has 4 nitrogen and oxygen atoms in total. The van der Waals surface area contributed by atoms with E-state index in [9.17, 15) is 0 Å². The van der Waals surface area contributed by atoms with Crippen LogP contribution in [0.5, 0.6) is 0 Å².